The Labute approximate surface area is 189 Å². The zero-order valence-electron chi connectivity index (χ0n) is 18.5. The minimum absolute atomic E-state index is 0.152. The smallest absolute Gasteiger partial charge is 0.248 e. The molecular formula is C23H25Cl2N3O2. The van der Waals surface area contributed by atoms with Crippen molar-refractivity contribution in [3.63, 3.8) is 0 Å². The van der Waals surface area contributed by atoms with Crippen LogP contribution >= 0.6 is 23.2 Å². The number of halogens is 2. The number of aromatic nitrogens is 1. The first kappa shape index (κ1) is 18.6. The molecule has 1 aliphatic heterocycles. The summed E-state index contributed by atoms with van der Waals surface area (Å²) in [5.41, 5.74) is 1.47. The molecule has 7 heteroatoms. The molecule has 2 aromatic carbocycles. The molecule has 0 aliphatic carbocycles. The van der Waals surface area contributed by atoms with E-state index < -0.39 is 6.50 Å². The van der Waals surface area contributed by atoms with E-state index in [-0.39, 0.29) is 5.56 Å². The van der Waals surface area contributed by atoms with Crippen LogP contribution in [0.25, 0.3) is 10.9 Å². The van der Waals surface area contributed by atoms with Crippen LogP contribution in [-0.4, -0.2) is 49.2 Å². The van der Waals surface area contributed by atoms with Crippen molar-refractivity contribution < 1.29 is 7.48 Å². The molecule has 0 bridgehead atoms. The lowest BCUT2D eigenvalue weighted by molar-refractivity contribution is 0.238. The van der Waals surface area contributed by atoms with Gasteiger partial charge in [-0.25, -0.2) is 0 Å². The molecule has 3 aromatic rings. The summed E-state index contributed by atoms with van der Waals surface area (Å²) >= 11 is 12.5. The second kappa shape index (κ2) is 9.73. The van der Waals surface area contributed by atoms with Gasteiger partial charge in [0.15, 0.2) is 0 Å². The fourth-order valence-corrected chi connectivity index (χ4v) is 3.98. The van der Waals surface area contributed by atoms with Gasteiger partial charge in [-0.15, -0.1) is 0 Å². The van der Waals surface area contributed by atoms with Crippen LogP contribution in [0.15, 0.2) is 53.3 Å². The maximum absolute atomic E-state index is 11.5. The second-order valence-corrected chi connectivity index (χ2v) is 8.01. The lowest BCUT2D eigenvalue weighted by atomic mass is 10.2. The van der Waals surface area contributed by atoms with Crippen LogP contribution < -0.4 is 15.2 Å². The van der Waals surface area contributed by atoms with Gasteiger partial charge >= 0.3 is 0 Å². The number of nitrogens with zero attached hydrogens (tertiary/aromatic N) is 2. The monoisotopic (exact) mass is 447 g/mol. The molecule has 2 heterocycles. The number of benzene rings is 2. The van der Waals surface area contributed by atoms with Crippen molar-refractivity contribution in [1.29, 1.82) is 0 Å². The van der Waals surface area contributed by atoms with Crippen molar-refractivity contribution in [2.45, 2.75) is 12.8 Å². The third-order valence-electron chi connectivity index (χ3n) is 5.17. The number of hydrogen-bond acceptors (Lipinski definition) is 4. The largest absolute Gasteiger partial charge is 0.494 e. The number of fused-ring (bicyclic) bond motifs is 1. The van der Waals surface area contributed by atoms with E-state index in [0.29, 0.717) is 61.4 Å². The van der Waals surface area contributed by atoms with E-state index in [1.165, 1.54) is 6.07 Å². The SMILES string of the molecule is [2H]C([2H])(CCCOc1ccc2ccc(=O)[nH]c2c1)N1CCN(c2cccc(Cl)c2Cl)CC1. The Morgan fingerprint density at radius 1 is 1.03 bits per heavy atom. The number of hydrogen-bond donors (Lipinski definition) is 1. The maximum atomic E-state index is 11.5. The number of aromatic amines is 1. The summed E-state index contributed by atoms with van der Waals surface area (Å²) in [7, 11) is 0. The van der Waals surface area contributed by atoms with Crippen LogP contribution in [0.5, 0.6) is 5.75 Å². The molecule has 0 unspecified atom stereocenters. The first-order valence-electron chi connectivity index (χ1n) is 11.0. The van der Waals surface area contributed by atoms with Crippen molar-refractivity contribution >= 4 is 39.8 Å². The van der Waals surface area contributed by atoms with Gasteiger partial charge in [-0.1, -0.05) is 29.3 Å². The summed E-state index contributed by atoms with van der Waals surface area (Å²) in [5.74, 6) is 0.659. The summed E-state index contributed by atoms with van der Waals surface area (Å²) in [6.45, 7) is 1.57. The Balaban J connectivity index is 1.27. The summed E-state index contributed by atoms with van der Waals surface area (Å²) in [6.07, 6.45) is 0.950. The zero-order valence-corrected chi connectivity index (χ0v) is 18.0. The minimum atomic E-state index is -1.41. The predicted molar refractivity (Wildman–Crippen MR) is 124 cm³/mol. The van der Waals surface area contributed by atoms with Gasteiger partial charge in [0.25, 0.3) is 0 Å². The Hall–Kier alpha value is -2.21. The van der Waals surface area contributed by atoms with Gasteiger partial charge in [0.2, 0.25) is 5.56 Å². The standard InChI is InChI=1S/C23H25Cl2N3O2/c24-19-4-3-5-21(23(19)25)28-13-11-27(12-14-28)10-1-2-15-30-18-8-6-17-7-9-22(29)26-20(17)16-18/h3-9,16H,1-2,10-15H2,(H,26,29)/i10D2. The molecule has 158 valence electrons. The number of H-pyrrole nitrogens is 1. The fraction of sp³-hybridized carbons (Fsp3) is 0.348. The first-order chi connectivity index (χ1) is 15.3. The molecule has 4 rings (SSSR count). The van der Waals surface area contributed by atoms with Crippen molar-refractivity contribution in [2.24, 2.45) is 0 Å². The molecule has 1 N–H and O–H groups in total. The average molecular weight is 448 g/mol. The van der Waals surface area contributed by atoms with Crippen molar-refractivity contribution in [1.82, 2.24) is 9.88 Å². The molecule has 1 fully saturated rings. The van der Waals surface area contributed by atoms with Crippen LogP contribution in [0.1, 0.15) is 15.6 Å². The van der Waals surface area contributed by atoms with E-state index in [2.05, 4.69) is 9.88 Å². The molecule has 0 atom stereocenters. The lowest BCUT2D eigenvalue weighted by Crippen LogP contribution is -2.46. The number of nitrogens with one attached hydrogen (secondary N) is 1. The highest BCUT2D eigenvalue weighted by Crippen LogP contribution is 2.32. The highest BCUT2D eigenvalue weighted by Gasteiger charge is 2.19. The van der Waals surface area contributed by atoms with E-state index in [4.69, 9.17) is 30.7 Å². The molecule has 30 heavy (non-hydrogen) atoms. The van der Waals surface area contributed by atoms with Gasteiger partial charge in [0, 0.05) is 41.1 Å². The molecule has 5 nitrogen and oxygen atoms in total. The van der Waals surface area contributed by atoms with Crippen LogP contribution in [0.2, 0.25) is 10.0 Å². The number of rotatable bonds is 7. The summed E-state index contributed by atoms with van der Waals surface area (Å²) in [4.78, 5) is 18.3. The lowest BCUT2D eigenvalue weighted by Gasteiger charge is -2.36. The third-order valence-corrected chi connectivity index (χ3v) is 5.98. The van der Waals surface area contributed by atoms with E-state index in [0.717, 1.165) is 16.6 Å². The minimum Gasteiger partial charge on any atom is -0.494 e. The Bertz CT molecular complexity index is 1150. The number of piperazine rings is 1. The molecule has 0 spiro atoms. The van der Waals surface area contributed by atoms with Crippen molar-refractivity contribution in [3.05, 3.63) is 68.9 Å². The van der Waals surface area contributed by atoms with Gasteiger partial charge in [0.05, 0.1) is 27.9 Å². The Morgan fingerprint density at radius 3 is 2.67 bits per heavy atom. The van der Waals surface area contributed by atoms with Crippen molar-refractivity contribution in [2.75, 3.05) is 44.2 Å². The second-order valence-electron chi connectivity index (χ2n) is 7.23. The first-order valence-corrected chi connectivity index (χ1v) is 10.8. The zero-order chi connectivity index (χ0) is 22.7. The van der Waals surface area contributed by atoms with Crippen LogP contribution in [0, 0.1) is 0 Å². The van der Waals surface area contributed by atoms with E-state index in [1.807, 2.05) is 29.2 Å². The van der Waals surface area contributed by atoms with E-state index >= 15 is 0 Å². The van der Waals surface area contributed by atoms with Gasteiger partial charge < -0.3 is 14.6 Å². The molecule has 1 saturated heterocycles. The summed E-state index contributed by atoms with van der Waals surface area (Å²) in [6, 6.07) is 14.4. The molecule has 0 saturated carbocycles. The Kier molecular flexibility index (Phi) is 6.02. The van der Waals surface area contributed by atoms with Gasteiger partial charge in [0.1, 0.15) is 5.75 Å². The van der Waals surface area contributed by atoms with E-state index in [1.54, 1.807) is 18.2 Å². The van der Waals surface area contributed by atoms with Crippen molar-refractivity contribution in [3.8, 4) is 5.75 Å². The number of anilines is 1. The maximum Gasteiger partial charge on any atom is 0.248 e. The quantitative estimate of drug-likeness (QED) is 0.527. The molecule has 1 aromatic heterocycles. The molecule has 0 radical (unpaired) electrons. The van der Waals surface area contributed by atoms with E-state index in [9.17, 15) is 4.79 Å². The van der Waals surface area contributed by atoms with Gasteiger partial charge in [-0.3, -0.25) is 9.69 Å². The number of ether oxygens (including phenoxy) is 1. The van der Waals surface area contributed by atoms with Crippen LogP contribution in [-0.2, 0) is 0 Å². The molecule has 1 aliphatic rings. The highest BCUT2D eigenvalue weighted by molar-refractivity contribution is 6.43. The molecular weight excluding hydrogens is 421 g/mol. The summed E-state index contributed by atoms with van der Waals surface area (Å²) in [5, 5.41) is 2.01. The topological polar surface area (TPSA) is 48.6 Å². The predicted octanol–water partition coefficient (Wildman–Crippen LogP) is 4.82. The van der Waals surface area contributed by atoms with Gasteiger partial charge in [-0.05, 0) is 55.1 Å². The fourth-order valence-electron chi connectivity index (χ4n) is 3.56. The average Bonchev–Trinajstić information content (AvgIpc) is 2.78. The number of pyridine rings is 1. The highest BCUT2D eigenvalue weighted by atomic mass is 35.5. The molecule has 0 amide bonds. The summed E-state index contributed by atoms with van der Waals surface area (Å²) < 4.78 is 22.8. The third kappa shape index (κ3) is 5.09. The van der Waals surface area contributed by atoms with Crippen LogP contribution in [0.4, 0.5) is 5.69 Å². The van der Waals surface area contributed by atoms with Crippen LogP contribution in [0.3, 0.4) is 0 Å². The normalized spacial score (nSPS) is 16.4. The Morgan fingerprint density at radius 2 is 1.83 bits per heavy atom. The van der Waals surface area contributed by atoms with Gasteiger partial charge in [-0.2, -0.15) is 0 Å².